The average molecular weight is 395 g/mol. The summed E-state index contributed by atoms with van der Waals surface area (Å²) >= 11 is 0. The number of anilines is 1. The molecule has 2 aromatic carbocycles. The maximum Gasteiger partial charge on any atom is 0.221 e. The van der Waals surface area contributed by atoms with Crippen LogP contribution in [0.4, 0.5) is 5.69 Å². The Balaban J connectivity index is 1.41. The molecule has 0 saturated carbocycles. The van der Waals surface area contributed by atoms with Crippen LogP contribution in [-0.2, 0) is 11.2 Å². The fourth-order valence-electron chi connectivity index (χ4n) is 3.67. The van der Waals surface area contributed by atoms with Crippen LogP contribution in [0.5, 0.6) is 5.75 Å². The van der Waals surface area contributed by atoms with Gasteiger partial charge in [0.15, 0.2) is 5.96 Å². The highest BCUT2D eigenvalue weighted by Crippen LogP contribution is 2.21. The zero-order valence-electron chi connectivity index (χ0n) is 17.2. The van der Waals surface area contributed by atoms with E-state index in [1.165, 1.54) is 18.9 Å². The Morgan fingerprint density at radius 3 is 2.79 bits per heavy atom. The summed E-state index contributed by atoms with van der Waals surface area (Å²) in [5, 5.41) is 6.16. The molecule has 1 unspecified atom stereocenters. The highest BCUT2D eigenvalue weighted by Gasteiger charge is 2.24. The third kappa shape index (κ3) is 6.52. The standard InChI is InChI=1S/C23H30N4O2/c1-18(28)26-21-9-6-10-22(16-21)29-14-12-25-23(24-2)27-13-11-20(17-27)15-19-7-4-3-5-8-19/h3-10,16,20H,11-15,17H2,1-2H3,(H,24,25)(H,26,28). The van der Waals surface area contributed by atoms with Crippen LogP contribution in [0, 0.1) is 5.92 Å². The normalized spacial score (nSPS) is 16.6. The van der Waals surface area contributed by atoms with E-state index in [1.54, 1.807) is 0 Å². The smallest absolute Gasteiger partial charge is 0.221 e. The van der Waals surface area contributed by atoms with E-state index in [4.69, 9.17) is 4.74 Å². The van der Waals surface area contributed by atoms with Crippen molar-refractivity contribution >= 4 is 17.6 Å². The molecule has 3 rings (SSSR count). The second-order valence-electron chi connectivity index (χ2n) is 7.32. The molecule has 0 aromatic heterocycles. The SMILES string of the molecule is CN=C(NCCOc1cccc(NC(C)=O)c1)N1CCC(Cc2ccccc2)C1. The van der Waals surface area contributed by atoms with Crippen LogP contribution in [0.25, 0.3) is 0 Å². The fourth-order valence-corrected chi connectivity index (χ4v) is 3.67. The van der Waals surface area contributed by atoms with E-state index in [0.29, 0.717) is 19.1 Å². The predicted octanol–water partition coefficient (Wildman–Crippen LogP) is 3.16. The first kappa shape index (κ1) is 20.7. The Hall–Kier alpha value is -3.02. The van der Waals surface area contributed by atoms with E-state index in [-0.39, 0.29) is 5.91 Å². The van der Waals surface area contributed by atoms with Gasteiger partial charge in [-0.3, -0.25) is 9.79 Å². The van der Waals surface area contributed by atoms with Crippen LogP contribution in [0.1, 0.15) is 18.9 Å². The number of nitrogens with one attached hydrogen (secondary N) is 2. The van der Waals surface area contributed by atoms with Crippen molar-refractivity contribution in [2.75, 3.05) is 38.6 Å². The van der Waals surface area contributed by atoms with E-state index < -0.39 is 0 Å². The molecule has 0 spiro atoms. The lowest BCUT2D eigenvalue weighted by molar-refractivity contribution is -0.114. The molecule has 29 heavy (non-hydrogen) atoms. The molecule has 1 aliphatic heterocycles. The molecule has 6 heteroatoms. The molecule has 0 aliphatic carbocycles. The maximum absolute atomic E-state index is 11.2. The average Bonchev–Trinajstić information content (AvgIpc) is 3.17. The Morgan fingerprint density at radius 2 is 2.03 bits per heavy atom. The second kappa shape index (κ2) is 10.5. The summed E-state index contributed by atoms with van der Waals surface area (Å²) in [7, 11) is 1.82. The van der Waals surface area contributed by atoms with Crippen molar-refractivity contribution in [2.45, 2.75) is 19.8 Å². The van der Waals surface area contributed by atoms with Crippen molar-refractivity contribution in [3.8, 4) is 5.75 Å². The number of hydrogen-bond acceptors (Lipinski definition) is 3. The third-order valence-electron chi connectivity index (χ3n) is 4.97. The molecule has 1 saturated heterocycles. The number of carbonyl (C=O) groups excluding carboxylic acids is 1. The van der Waals surface area contributed by atoms with Crippen LogP contribution in [-0.4, -0.2) is 50.1 Å². The van der Waals surface area contributed by atoms with Gasteiger partial charge in [0.05, 0.1) is 6.54 Å². The number of nitrogens with zero attached hydrogens (tertiary/aromatic N) is 2. The van der Waals surface area contributed by atoms with Gasteiger partial charge in [-0.2, -0.15) is 0 Å². The van der Waals surface area contributed by atoms with Crippen molar-refractivity contribution in [1.29, 1.82) is 0 Å². The zero-order valence-corrected chi connectivity index (χ0v) is 17.2. The van der Waals surface area contributed by atoms with Crippen molar-refractivity contribution in [3.05, 3.63) is 60.2 Å². The van der Waals surface area contributed by atoms with Crippen LogP contribution in [0.15, 0.2) is 59.6 Å². The van der Waals surface area contributed by atoms with Gasteiger partial charge in [-0.15, -0.1) is 0 Å². The van der Waals surface area contributed by atoms with Gasteiger partial charge in [0, 0.05) is 38.8 Å². The predicted molar refractivity (Wildman–Crippen MR) is 117 cm³/mol. The van der Waals surface area contributed by atoms with E-state index in [2.05, 4.69) is 50.9 Å². The summed E-state index contributed by atoms with van der Waals surface area (Å²) in [5.41, 5.74) is 2.14. The van der Waals surface area contributed by atoms with Crippen molar-refractivity contribution in [1.82, 2.24) is 10.2 Å². The topological polar surface area (TPSA) is 66.0 Å². The summed E-state index contributed by atoms with van der Waals surface area (Å²) in [6.45, 7) is 4.72. The lowest BCUT2D eigenvalue weighted by Gasteiger charge is -2.22. The minimum atomic E-state index is -0.0937. The second-order valence-corrected chi connectivity index (χ2v) is 7.32. The zero-order chi connectivity index (χ0) is 20.5. The molecule has 1 amide bonds. The van der Waals surface area contributed by atoms with Crippen LogP contribution >= 0.6 is 0 Å². The summed E-state index contributed by atoms with van der Waals surface area (Å²) in [4.78, 5) is 17.9. The first-order chi connectivity index (χ1) is 14.1. The molecule has 1 fully saturated rings. The number of rotatable bonds is 7. The summed E-state index contributed by atoms with van der Waals surface area (Å²) in [6.07, 6.45) is 2.30. The Labute approximate surface area is 173 Å². The van der Waals surface area contributed by atoms with Gasteiger partial charge in [-0.05, 0) is 36.5 Å². The van der Waals surface area contributed by atoms with E-state index in [1.807, 2.05) is 31.3 Å². The number of ether oxygens (including phenoxy) is 1. The number of hydrogen-bond donors (Lipinski definition) is 2. The minimum Gasteiger partial charge on any atom is -0.492 e. The molecule has 1 heterocycles. The number of likely N-dealkylation sites (tertiary alicyclic amines) is 1. The molecule has 0 radical (unpaired) electrons. The highest BCUT2D eigenvalue weighted by molar-refractivity contribution is 5.88. The minimum absolute atomic E-state index is 0.0937. The van der Waals surface area contributed by atoms with Gasteiger partial charge in [0.1, 0.15) is 12.4 Å². The van der Waals surface area contributed by atoms with Gasteiger partial charge in [0.2, 0.25) is 5.91 Å². The van der Waals surface area contributed by atoms with Gasteiger partial charge in [0.25, 0.3) is 0 Å². The lowest BCUT2D eigenvalue weighted by Crippen LogP contribution is -2.41. The molecule has 6 nitrogen and oxygen atoms in total. The van der Waals surface area contributed by atoms with E-state index in [0.717, 1.165) is 36.9 Å². The molecule has 154 valence electrons. The first-order valence-electron chi connectivity index (χ1n) is 10.1. The van der Waals surface area contributed by atoms with Gasteiger partial charge in [-0.25, -0.2) is 0 Å². The van der Waals surface area contributed by atoms with Crippen molar-refractivity contribution < 1.29 is 9.53 Å². The number of amides is 1. The monoisotopic (exact) mass is 394 g/mol. The van der Waals surface area contributed by atoms with Crippen LogP contribution in [0.3, 0.4) is 0 Å². The quantitative estimate of drug-likeness (QED) is 0.430. The largest absolute Gasteiger partial charge is 0.492 e. The van der Waals surface area contributed by atoms with Crippen molar-refractivity contribution in [3.63, 3.8) is 0 Å². The molecule has 1 aliphatic rings. The fraction of sp³-hybridized carbons (Fsp3) is 0.391. The lowest BCUT2D eigenvalue weighted by atomic mass is 9.99. The molecule has 2 N–H and O–H groups in total. The Morgan fingerprint density at radius 1 is 1.21 bits per heavy atom. The molecular formula is C23H30N4O2. The maximum atomic E-state index is 11.2. The molecule has 0 bridgehead atoms. The van der Waals surface area contributed by atoms with Gasteiger partial charge in [-0.1, -0.05) is 36.4 Å². The number of aliphatic imine (C=N–C) groups is 1. The van der Waals surface area contributed by atoms with Gasteiger partial charge < -0.3 is 20.3 Å². The van der Waals surface area contributed by atoms with Gasteiger partial charge >= 0.3 is 0 Å². The third-order valence-corrected chi connectivity index (χ3v) is 4.97. The summed E-state index contributed by atoms with van der Waals surface area (Å²) in [5.74, 6) is 2.22. The molecule has 2 aromatic rings. The summed E-state index contributed by atoms with van der Waals surface area (Å²) < 4.78 is 5.80. The Kier molecular flexibility index (Phi) is 7.50. The number of carbonyl (C=O) groups is 1. The number of guanidine groups is 1. The molecule has 1 atom stereocenters. The first-order valence-corrected chi connectivity index (χ1v) is 10.1. The number of benzene rings is 2. The molecular weight excluding hydrogens is 364 g/mol. The van der Waals surface area contributed by atoms with E-state index in [9.17, 15) is 4.79 Å². The Bertz CT molecular complexity index is 823. The van der Waals surface area contributed by atoms with Crippen LogP contribution < -0.4 is 15.4 Å². The van der Waals surface area contributed by atoms with E-state index >= 15 is 0 Å². The summed E-state index contributed by atoms with van der Waals surface area (Å²) in [6, 6.07) is 18.1. The van der Waals surface area contributed by atoms with Crippen LogP contribution in [0.2, 0.25) is 0 Å². The highest BCUT2D eigenvalue weighted by atomic mass is 16.5. The van der Waals surface area contributed by atoms with Crippen molar-refractivity contribution in [2.24, 2.45) is 10.9 Å².